The number of hydrogen-bond acceptors (Lipinski definition) is 4. The molecule has 122 valence electrons. The molecule has 5 nitrogen and oxygen atoms in total. The van der Waals surface area contributed by atoms with Crippen molar-refractivity contribution < 1.29 is 0 Å². The third-order valence-electron chi connectivity index (χ3n) is 4.72. The minimum absolute atomic E-state index is 0.106. The van der Waals surface area contributed by atoms with Crippen molar-refractivity contribution >= 4 is 16.9 Å². The van der Waals surface area contributed by atoms with Crippen LogP contribution in [0.25, 0.3) is 10.9 Å². The highest BCUT2D eigenvalue weighted by molar-refractivity contribution is 5.78. The van der Waals surface area contributed by atoms with E-state index in [1.807, 2.05) is 24.3 Å². The highest BCUT2D eigenvalue weighted by Crippen LogP contribution is 2.32. The number of rotatable bonds is 3. The summed E-state index contributed by atoms with van der Waals surface area (Å²) in [6, 6.07) is 18.3. The van der Waals surface area contributed by atoms with E-state index in [-0.39, 0.29) is 17.6 Å². The molecule has 5 heteroatoms. The van der Waals surface area contributed by atoms with E-state index >= 15 is 0 Å². The predicted molar refractivity (Wildman–Crippen MR) is 96.2 cm³/mol. The van der Waals surface area contributed by atoms with Gasteiger partial charge < -0.3 is 5.32 Å². The summed E-state index contributed by atoms with van der Waals surface area (Å²) in [5, 5.41) is 4.06. The summed E-state index contributed by atoms with van der Waals surface area (Å²) in [6.07, 6.45) is 1.01. The van der Waals surface area contributed by atoms with Crippen molar-refractivity contribution in [3.05, 3.63) is 70.5 Å². The number of aromatic nitrogens is 2. The largest absolute Gasteiger partial charge is 0.351 e. The van der Waals surface area contributed by atoms with Crippen molar-refractivity contribution in [2.24, 2.45) is 0 Å². The van der Waals surface area contributed by atoms with E-state index < -0.39 is 0 Å². The number of nitrogens with one attached hydrogen (secondary N) is 2. The summed E-state index contributed by atoms with van der Waals surface area (Å²) >= 11 is 0. The van der Waals surface area contributed by atoms with E-state index in [0.717, 1.165) is 13.0 Å². The van der Waals surface area contributed by atoms with Crippen LogP contribution in [0.1, 0.15) is 18.0 Å². The van der Waals surface area contributed by atoms with Crippen LogP contribution in [0.3, 0.4) is 0 Å². The summed E-state index contributed by atoms with van der Waals surface area (Å²) in [6.45, 7) is 1.01. The Morgan fingerprint density at radius 2 is 1.88 bits per heavy atom. The first kappa shape index (κ1) is 14.9. The molecule has 2 N–H and O–H groups in total. The lowest BCUT2D eigenvalue weighted by molar-refractivity contribution is 0.309. The van der Waals surface area contributed by atoms with Crippen molar-refractivity contribution in [2.75, 3.05) is 18.9 Å². The van der Waals surface area contributed by atoms with Gasteiger partial charge in [0.15, 0.2) is 0 Å². The normalized spacial score (nSPS) is 21.2. The van der Waals surface area contributed by atoms with E-state index in [0.29, 0.717) is 16.9 Å². The summed E-state index contributed by atoms with van der Waals surface area (Å²) in [7, 11) is 2.13. The zero-order valence-corrected chi connectivity index (χ0v) is 13.6. The zero-order valence-electron chi connectivity index (χ0n) is 13.6. The van der Waals surface area contributed by atoms with Crippen molar-refractivity contribution in [1.29, 1.82) is 0 Å². The molecule has 1 fully saturated rings. The molecule has 0 unspecified atom stereocenters. The molecule has 24 heavy (non-hydrogen) atoms. The molecule has 0 amide bonds. The quantitative estimate of drug-likeness (QED) is 0.779. The first-order valence-electron chi connectivity index (χ1n) is 8.23. The highest BCUT2D eigenvalue weighted by Gasteiger charge is 2.33. The molecule has 2 aromatic carbocycles. The molecule has 3 aromatic rings. The number of likely N-dealkylation sites (N-methyl/N-ethyl adjacent to an activating group) is 1. The second kappa shape index (κ2) is 6.09. The Morgan fingerprint density at radius 1 is 1.12 bits per heavy atom. The minimum atomic E-state index is -0.106. The summed E-state index contributed by atoms with van der Waals surface area (Å²) in [5.41, 5.74) is 1.88. The van der Waals surface area contributed by atoms with Gasteiger partial charge in [0.05, 0.1) is 16.9 Å². The fourth-order valence-electron chi connectivity index (χ4n) is 3.57. The monoisotopic (exact) mass is 320 g/mol. The van der Waals surface area contributed by atoms with Crippen molar-refractivity contribution in [3.8, 4) is 0 Å². The van der Waals surface area contributed by atoms with Gasteiger partial charge >= 0.3 is 0 Å². The van der Waals surface area contributed by atoms with Crippen LogP contribution < -0.4 is 10.9 Å². The maximum absolute atomic E-state index is 12.2. The average Bonchev–Trinajstić information content (AvgIpc) is 2.96. The van der Waals surface area contributed by atoms with Gasteiger partial charge in [-0.1, -0.05) is 42.5 Å². The molecule has 1 aliphatic heterocycles. The maximum atomic E-state index is 12.2. The van der Waals surface area contributed by atoms with Gasteiger partial charge in [0.25, 0.3) is 5.56 Å². The third-order valence-corrected chi connectivity index (χ3v) is 4.72. The van der Waals surface area contributed by atoms with Crippen LogP contribution in [0.5, 0.6) is 0 Å². The summed E-state index contributed by atoms with van der Waals surface area (Å²) in [5.74, 6) is 0.542. The smallest absolute Gasteiger partial charge is 0.260 e. The fraction of sp³-hybridized carbons (Fsp3) is 0.263. The fourth-order valence-corrected chi connectivity index (χ4v) is 3.57. The SMILES string of the molecule is CN1CC[C@H](Nc2nc3ccccc3c(=O)[nH]2)[C@H]1c1ccccc1. The number of H-pyrrole nitrogens is 1. The lowest BCUT2D eigenvalue weighted by atomic mass is 10.0. The van der Waals surface area contributed by atoms with E-state index in [1.165, 1.54) is 5.56 Å². The number of anilines is 1. The van der Waals surface area contributed by atoms with E-state index in [2.05, 4.69) is 51.5 Å². The Morgan fingerprint density at radius 3 is 2.71 bits per heavy atom. The van der Waals surface area contributed by atoms with Gasteiger partial charge in [0.2, 0.25) is 5.95 Å². The first-order valence-corrected chi connectivity index (χ1v) is 8.23. The predicted octanol–water partition coefficient (Wildman–Crippen LogP) is 2.78. The second-order valence-corrected chi connectivity index (χ2v) is 6.31. The topological polar surface area (TPSA) is 61.0 Å². The standard InChI is InChI=1S/C19H20N4O/c1-23-12-11-16(17(23)13-7-3-2-4-8-13)21-19-20-15-10-6-5-9-14(15)18(24)22-19/h2-10,16-17H,11-12H2,1H3,(H2,20,21,22,24)/t16-,17+/m0/s1. The van der Waals surface area contributed by atoms with E-state index in [1.54, 1.807) is 6.07 Å². The minimum Gasteiger partial charge on any atom is -0.351 e. The molecule has 1 saturated heterocycles. The van der Waals surface area contributed by atoms with Crippen LogP contribution in [0, 0.1) is 0 Å². The van der Waals surface area contributed by atoms with Crippen molar-refractivity contribution in [1.82, 2.24) is 14.9 Å². The van der Waals surface area contributed by atoms with Crippen LogP contribution in [-0.2, 0) is 0 Å². The first-order chi connectivity index (χ1) is 11.7. The van der Waals surface area contributed by atoms with Gasteiger partial charge in [0.1, 0.15) is 0 Å². The number of nitrogens with zero attached hydrogens (tertiary/aromatic N) is 2. The van der Waals surface area contributed by atoms with Crippen LogP contribution in [0.15, 0.2) is 59.4 Å². The molecule has 0 bridgehead atoms. The number of aromatic amines is 1. The van der Waals surface area contributed by atoms with Gasteiger partial charge in [-0.15, -0.1) is 0 Å². The van der Waals surface area contributed by atoms with Gasteiger partial charge in [-0.2, -0.15) is 0 Å². The molecule has 1 aliphatic rings. The maximum Gasteiger partial charge on any atom is 0.260 e. The highest BCUT2D eigenvalue weighted by atomic mass is 16.1. The molecule has 4 rings (SSSR count). The molecule has 0 spiro atoms. The molecule has 0 aliphatic carbocycles. The van der Waals surface area contributed by atoms with Crippen LogP contribution in [-0.4, -0.2) is 34.5 Å². The molecule has 2 atom stereocenters. The second-order valence-electron chi connectivity index (χ2n) is 6.31. The van der Waals surface area contributed by atoms with Gasteiger partial charge in [-0.05, 0) is 31.2 Å². The lowest BCUT2D eigenvalue weighted by Gasteiger charge is -2.26. The molecule has 0 radical (unpaired) electrons. The van der Waals surface area contributed by atoms with Gasteiger partial charge in [-0.3, -0.25) is 14.7 Å². The Balaban J connectivity index is 1.66. The zero-order chi connectivity index (χ0) is 16.5. The number of benzene rings is 2. The third kappa shape index (κ3) is 2.67. The lowest BCUT2D eigenvalue weighted by Crippen LogP contribution is -2.30. The van der Waals surface area contributed by atoms with E-state index in [9.17, 15) is 4.79 Å². The number of hydrogen-bond donors (Lipinski definition) is 2. The molecule has 1 aromatic heterocycles. The molecular formula is C19H20N4O. The number of para-hydroxylation sites is 1. The van der Waals surface area contributed by atoms with E-state index in [4.69, 9.17) is 0 Å². The average molecular weight is 320 g/mol. The van der Waals surface area contributed by atoms with Crippen molar-refractivity contribution in [2.45, 2.75) is 18.5 Å². The molecule has 2 heterocycles. The number of fused-ring (bicyclic) bond motifs is 1. The van der Waals surface area contributed by atoms with Crippen LogP contribution >= 0.6 is 0 Å². The Bertz CT molecular complexity index is 906. The summed E-state index contributed by atoms with van der Waals surface area (Å²) < 4.78 is 0. The van der Waals surface area contributed by atoms with Gasteiger partial charge in [0, 0.05) is 12.6 Å². The molecule has 0 saturated carbocycles. The van der Waals surface area contributed by atoms with Crippen LogP contribution in [0.4, 0.5) is 5.95 Å². The molecular weight excluding hydrogens is 300 g/mol. The van der Waals surface area contributed by atoms with Gasteiger partial charge in [-0.25, -0.2) is 4.98 Å². The Labute approximate surface area is 140 Å². The van der Waals surface area contributed by atoms with Crippen LogP contribution in [0.2, 0.25) is 0 Å². The van der Waals surface area contributed by atoms with Crippen molar-refractivity contribution in [3.63, 3.8) is 0 Å². The Kier molecular flexibility index (Phi) is 3.78. The summed E-state index contributed by atoms with van der Waals surface area (Å²) in [4.78, 5) is 22.0. The Hall–Kier alpha value is -2.66. The number of likely N-dealkylation sites (tertiary alicyclic amines) is 1.